The summed E-state index contributed by atoms with van der Waals surface area (Å²) in [5, 5.41) is 8.32. The Morgan fingerprint density at radius 1 is 1.00 bits per heavy atom. The number of nitrogens with one attached hydrogen (secondary N) is 2. The summed E-state index contributed by atoms with van der Waals surface area (Å²) in [7, 11) is 1.66. The van der Waals surface area contributed by atoms with Crippen LogP contribution in [0.15, 0.2) is 66.7 Å². The Labute approximate surface area is 153 Å². The number of benzene rings is 3. The Balaban J connectivity index is 1.51. The average Bonchev–Trinajstić information content (AvgIpc) is 3.52. The van der Waals surface area contributed by atoms with Crippen molar-refractivity contribution in [2.24, 2.45) is 5.92 Å². The molecule has 0 radical (unpaired) electrons. The molecule has 26 heavy (non-hydrogen) atoms. The highest BCUT2D eigenvalue weighted by Crippen LogP contribution is 2.41. The van der Waals surface area contributed by atoms with Crippen molar-refractivity contribution in [2.45, 2.75) is 18.9 Å². The zero-order valence-electron chi connectivity index (χ0n) is 14.7. The molecule has 4 heteroatoms. The summed E-state index contributed by atoms with van der Waals surface area (Å²) in [5.41, 5.74) is 1.94. The standard InChI is InChI=1S/C22H22N2O2/c1-26-18-13-11-17(12-14-18)21(16-9-10-16)24-22(25)23-20-8-4-6-15-5-2-3-7-19(15)20/h2-8,11-14,16,21H,9-10H2,1H3,(H2,23,24,25). The van der Waals surface area contributed by atoms with Crippen LogP contribution in [0.4, 0.5) is 10.5 Å². The molecule has 4 rings (SSSR count). The van der Waals surface area contributed by atoms with E-state index in [0.29, 0.717) is 5.92 Å². The number of amides is 2. The molecule has 0 aromatic heterocycles. The number of anilines is 1. The summed E-state index contributed by atoms with van der Waals surface area (Å²) in [4.78, 5) is 12.6. The molecule has 0 aliphatic heterocycles. The summed E-state index contributed by atoms with van der Waals surface area (Å²) in [6.45, 7) is 0. The minimum absolute atomic E-state index is 0.0240. The van der Waals surface area contributed by atoms with Crippen molar-refractivity contribution < 1.29 is 9.53 Å². The SMILES string of the molecule is COc1ccc(C(NC(=O)Nc2cccc3ccccc23)C2CC2)cc1. The molecule has 2 amide bonds. The zero-order valence-corrected chi connectivity index (χ0v) is 14.7. The summed E-state index contributed by atoms with van der Waals surface area (Å²) >= 11 is 0. The summed E-state index contributed by atoms with van der Waals surface area (Å²) < 4.78 is 5.23. The van der Waals surface area contributed by atoms with E-state index in [9.17, 15) is 4.79 Å². The lowest BCUT2D eigenvalue weighted by molar-refractivity contribution is 0.247. The van der Waals surface area contributed by atoms with Crippen molar-refractivity contribution in [3.05, 3.63) is 72.3 Å². The van der Waals surface area contributed by atoms with Crippen molar-refractivity contribution in [1.29, 1.82) is 0 Å². The van der Waals surface area contributed by atoms with Gasteiger partial charge in [-0.2, -0.15) is 0 Å². The van der Waals surface area contributed by atoms with E-state index < -0.39 is 0 Å². The zero-order chi connectivity index (χ0) is 17.9. The molecular weight excluding hydrogens is 324 g/mol. The molecular formula is C22H22N2O2. The molecule has 3 aromatic carbocycles. The normalized spacial score (nSPS) is 14.7. The maximum Gasteiger partial charge on any atom is 0.319 e. The summed E-state index contributed by atoms with van der Waals surface area (Å²) in [6.07, 6.45) is 2.29. The topological polar surface area (TPSA) is 50.4 Å². The van der Waals surface area contributed by atoms with Crippen LogP contribution >= 0.6 is 0 Å². The van der Waals surface area contributed by atoms with Gasteiger partial charge in [-0.1, -0.05) is 48.5 Å². The third-order valence-corrected chi connectivity index (χ3v) is 4.89. The van der Waals surface area contributed by atoms with E-state index in [1.807, 2.05) is 66.7 Å². The number of methoxy groups -OCH3 is 1. The van der Waals surface area contributed by atoms with Crippen LogP contribution in [0.1, 0.15) is 24.4 Å². The maximum absolute atomic E-state index is 12.6. The van der Waals surface area contributed by atoms with Crippen LogP contribution in [-0.4, -0.2) is 13.1 Å². The molecule has 0 saturated heterocycles. The van der Waals surface area contributed by atoms with E-state index in [2.05, 4.69) is 10.6 Å². The van der Waals surface area contributed by atoms with Gasteiger partial charge in [0.25, 0.3) is 0 Å². The predicted molar refractivity (Wildman–Crippen MR) is 105 cm³/mol. The van der Waals surface area contributed by atoms with E-state index in [0.717, 1.165) is 40.6 Å². The molecule has 0 heterocycles. The first-order valence-electron chi connectivity index (χ1n) is 8.94. The Morgan fingerprint density at radius 2 is 1.73 bits per heavy atom. The van der Waals surface area contributed by atoms with Crippen LogP contribution < -0.4 is 15.4 Å². The Bertz CT molecular complexity index is 912. The predicted octanol–water partition coefficient (Wildman–Crippen LogP) is 5.12. The lowest BCUT2D eigenvalue weighted by Crippen LogP contribution is -2.33. The number of fused-ring (bicyclic) bond motifs is 1. The van der Waals surface area contributed by atoms with Gasteiger partial charge in [0.2, 0.25) is 0 Å². The average molecular weight is 346 g/mol. The van der Waals surface area contributed by atoms with Crippen LogP contribution in [0.2, 0.25) is 0 Å². The molecule has 2 N–H and O–H groups in total. The lowest BCUT2D eigenvalue weighted by Gasteiger charge is -2.20. The largest absolute Gasteiger partial charge is 0.497 e. The Morgan fingerprint density at radius 3 is 2.46 bits per heavy atom. The second-order valence-electron chi connectivity index (χ2n) is 6.71. The number of carbonyl (C=O) groups is 1. The first-order valence-corrected chi connectivity index (χ1v) is 8.94. The van der Waals surface area contributed by atoms with Crippen LogP contribution in [0, 0.1) is 5.92 Å². The number of hydrogen-bond donors (Lipinski definition) is 2. The fraction of sp³-hybridized carbons (Fsp3) is 0.227. The molecule has 1 fully saturated rings. The number of urea groups is 1. The van der Waals surface area contributed by atoms with E-state index in [4.69, 9.17) is 4.74 Å². The van der Waals surface area contributed by atoms with E-state index >= 15 is 0 Å². The molecule has 0 bridgehead atoms. The van der Waals surface area contributed by atoms with Gasteiger partial charge in [-0.15, -0.1) is 0 Å². The first kappa shape index (κ1) is 16.5. The third kappa shape index (κ3) is 3.49. The first-order chi connectivity index (χ1) is 12.7. The second-order valence-corrected chi connectivity index (χ2v) is 6.71. The highest BCUT2D eigenvalue weighted by Gasteiger charge is 2.33. The molecule has 0 spiro atoms. The van der Waals surface area contributed by atoms with Gasteiger partial charge in [0.15, 0.2) is 0 Å². The van der Waals surface area contributed by atoms with Crippen LogP contribution in [0.3, 0.4) is 0 Å². The monoisotopic (exact) mass is 346 g/mol. The van der Waals surface area contributed by atoms with Gasteiger partial charge in [0, 0.05) is 5.39 Å². The van der Waals surface area contributed by atoms with E-state index in [1.54, 1.807) is 7.11 Å². The number of rotatable bonds is 5. The third-order valence-electron chi connectivity index (χ3n) is 4.89. The summed E-state index contributed by atoms with van der Waals surface area (Å²) in [5.74, 6) is 1.32. The molecule has 3 aromatic rings. The molecule has 1 aliphatic carbocycles. The van der Waals surface area contributed by atoms with Crippen molar-refractivity contribution in [3.63, 3.8) is 0 Å². The van der Waals surface area contributed by atoms with E-state index in [1.165, 1.54) is 0 Å². The maximum atomic E-state index is 12.6. The second kappa shape index (κ2) is 7.08. The fourth-order valence-corrected chi connectivity index (χ4v) is 3.35. The van der Waals surface area contributed by atoms with Gasteiger partial charge in [-0.3, -0.25) is 0 Å². The summed E-state index contributed by atoms with van der Waals surface area (Å²) in [6, 6.07) is 21.8. The van der Waals surface area contributed by atoms with Crippen molar-refractivity contribution in [1.82, 2.24) is 5.32 Å². The van der Waals surface area contributed by atoms with Crippen LogP contribution in [-0.2, 0) is 0 Å². The molecule has 132 valence electrons. The number of carbonyl (C=O) groups excluding carboxylic acids is 1. The minimum atomic E-state index is -0.172. The van der Waals surface area contributed by atoms with Crippen LogP contribution in [0.25, 0.3) is 10.8 Å². The molecule has 1 aliphatic rings. The molecule has 1 atom stereocenters. The van der Waals surface area contributed by atoms with Crippen molar-refractivity contribution >= 4 is 22.5 Å². The highest BCUT2D eigenvalue weighted by molar-refractivity contribution is 6.01. The lowest BCUT2D eigenvalue weighted by atomic mass is 10.0. The van der Waals surface area contributed by atoms with Gasteiger partial charge >= 0.3 is 6.03 Å². The van der Waals surface area contributed by atoms with Crippen molar-refractivity contribution in [2.75, 3.05) is 12.4 Å². The highest BCUT2D eigenvalue weighted by atomic mass is 16.5. The van der Waals surface area contributed by atoms with Crippen molar-refractivity contribution in [3.8, 4) is 5.75 Å². The van der Waals surface area contributed by atoms with Crippen LogP contribution in [0.5, 0.6) is 5.75 Å². The smallest absolute Gasteiger partial charge is 0.319 e. The fourth-order valence-electron chi connectivity index (χ4n) is 3.35. The quantitative estimate of drug-likeness (QED) is 0.673. The Hall–Kier alpha value is -3.01. The van der Waals surface area contributed by atoms with E-state index in [-0.39, 0.29) is 12.1 Å². The minimum Gasteiger partial charge on any atom is -0.497 e. The van der Waals surface area contributed by atoms with Gasteiger partial charge < -0.3 is 15.4 Å². The Kier molecular flexibility index (Phi) is 4.48. The molecule has 1 unspecified atom stereocenters. The number of ether oxygens (including phenoxy) is 1. The molecule has 1 saturated carbocycles. The molecule has 4 nitrogen and oxygen atoms in total. The number of hydrogen-bond acceptors (Lipinski definition) is 2. The van der Waals surface area contributed by atoms with Gasteiger partial charge in [-0.05, 0) is 47.9 Å². The van der Waals surface area contributed by atoms with Gasteiger partial charge in [-0.25, -0.2) is 4.79 Å². The van der Waals surface area contributed by atoms with Gasteiger partial charge in [0.05, 0.1) is 18.8 Å². The van der Waals surface area contributed by atoms with Gasteiger partial charge in [0.1, 0.15) is 5.75 Å².